The first kappa shape index (κ1) is 14.5. The number of amides is 1. The first-order valence-corrected chi connectivity index (χ1v) is 7.72. The molecular formula is C17H15NO3S. The van der Waals surface area contributed by atoms with Crippen LogP contribution in [0.2, 0.25) is 0 Å². The fraction of sp³-hybridized carbons (Fsp3) is 0.235. The minimum Gasteiger partial charge on any atom is -0.493 e. The lowest BCUT2D eigenvalue weighted by atomic mass is 9.90. The Morgan fingerprint density at radius 1 is 1.41 bits per heavy atom. The Labute approximate surface area is 133 Å². The zero-order valence-electron chi connectivity index (χ0n) is 12.1. The lowest BCUT2D eigenvalue weighted by Gasteiger charge is -2.23. The van der Waals surface area contributed by atoms with Gasteiger partial charge in [0, 0.05) is 17.2 Å². The van der Waals surface area contributed by atoms with Crippen molar-refractivity contribution in [3.63, 3.8) is 0 Å². The quantitative estimate of drug-likeness (QED) is 0.882. The van der Waals surface area contributed by atoms with Gasteiger partial charge >= 0.3 is 0 Å². The van der Waals surface area contributed by atoms with E-state index in [1.54, 1.807) is 18.4 Å². The summed E-state index contributed by atoms with van der Waals surface area (Å²) in [5.74, 6) is 3.73. The second-order valence-corrected chi connectivity index (χ2v) is 5.85. The smallest absolute Gasteiger partial charge is 0.225 e. The van der Waals surface area contributed by atoms with E-state index in [0.29, 0.717) is 17.9 Å². The van der Waals surface area contributed by atoms with Gasteiger partial charge in [-0.2, -0.15) is 0 Å². The molecule has 22 heavy (non-hydrogen) atoms. The van der Waals surface area contributed by atoms with Gasteiger partial charge in [0.15, 0.2) is 11.5 Å². The standard InChI is InChI=1S/C17H15NO3S/c1-3-7-21-15-9-11(4-5-14(15)20-2)12-10-16(19)18-13-6-8-22-17(12)13/h1,4-6,8-9,12H,7,10H2,2H3,(H,18,19)/t12-/m1/s1. The summed E-state index contributed by atoms with van der Waals surface area (Å²) in [6, 6.07) is 7.65. The summed E-state index contributed by atoms with van der Waals surface area (Å²) in [6.07, 6.45) is 5.67. The summed E-state index contributed by atoms with van der Waals surface area (Å²) in [5, 5.41) is 4.89. The van der Waals surface area contributed by atoms with Crippen LogP contribution in [-0.2, 0) is 4.79 Å². The number of hydrogen-bond acceptors (Lipinski definition) is 4. The van der Waals surface area contributed by atoms with E-state index in [-0.39, 0.29) is 18.4 Å². The van der Waals surface area contributed by atoms with Crippen molar-refractivity contribution in [3.05, 3.63) is 40.1 Å². The van der Waals surface area contributed by atoms with Crippen molar-refractivity contribution < 1.29 is 14.3 Å². The van der Waals surface area contributed by atoms with Crippen LogP contribution < -0.4 is 14.8 Å². The molecule has 5 heteroatoms. The van der Waals surface area contributed by atoms with E-state index >= 15 is 0 Å². The maximum Gasteiger partial charge on any atom is 0.225 e. The zero-order chi connectivity index (χ0) is 15.5. The van der Waals surface area contributed by atoms with E-state index in [1.807, 2.05) is 29.6 Å². The van der Waals surface area contributed by atoms with Gasteiger partial charge in [0.1, 0.15) is 6.61 Å². The minimum absolute atomic E-state index is 0.0258. The Balaban J connectivity index is 1.99. The molecule has 0 fully saturated rings. The molecule has 112 valence electrons. The number of hydrogen-bond donors (Lipinski definition) is 1. The highest BCUT2D eigenvalue weighted by molar-refractivity contribution is 7.10. The monoisotopic (exact) mass is 313 g/mol. The number of nitrogens with one attached hydrogen (secondary N) is 1. The van der Waals surface area contributed by atoms with E-state index in [2.05, 4.69) is 11.2 Å². The average molecular weight is 313 g/mol. The van der Waals surface area contributed by atoms with Crippen LogP contribution in [0.15, 0.2) is 29.6 Å². The van der Waals surface area contributed by atoms with E-state index in [0.717, 1.165) is 16.1 Å². The van der Waals surface area contributed by atoms with Gasteiger partial charge in [-0.3, -0.25) is 4.79 Å². The highest BCUT2D eigenvalue weighted by atomic mass is 32.1. The SMILES string of the molecule is C#CCOc1cc([C@H]2CC(=O)Nc3ccsc32)ccc1OC. The van der Waals surface area contributed by atoms with Crippen molar-refractivity contribution >= 4 is 22.9 Å². The fourth-order valence-corrected chi connectivity index (χ4v) is 3.57. The van der Waals surface area contributed by atoms with Crippen LogP contribution in [0.5, 0.6) is 11.5 Å². The van der Waals surface area contributed by atoms with Crippen LogP contribution in [-0.4, -0.2) is 19.6 Å². The molecular weight excluding hydrogens is 298 g/mol. The van der Waals surface area contributed by atoms with Gasteiger partial charge < -0.3 is 14.8 Å². The van der Waals surface area contributed by atoms with Gasteiger partial charge in [-0.25, -0.2) is 0 Å². The van der Waals surface area contributed by atoms with Crippen molar-refractivity contribution in [2.24, 2.45) is 0 Å². The van der Waals surface area contributed by atoms with Crippen molar-refractivity contribution in [2.75, 3.05) is 19.0 Å². The summed E-state index contributed by atoms with van der Waals surface area (Å²) < 4.78 is 10.8. The van der Waals surface area contributed by atoms with Crippen LogP contribution in [0.3, 0.4) is 0 Å². The summed E-state index contributed by atoms with van der Waals surface area (Å²) in [5.41, 5.74) is 1.92. The summed E-state index contributed by atoms with van der Waals surface area (Å²) in [6.45, 7) is 0.176. The Morgan fingerprint density at radius 2 is 2.27 bits per heavy atom. The fourth-order valence-electron chi connectivity index (χ4n) is 2.58. The number of carbonyl (C=O) groups excluding carboxylic acids is 1. The third-order valence-electron chi connectivity index (χ3n) is 3.58. The molecule has 0 saturated carbocycles. The van der Waals surface area contributed by atoms with Crippen molar-refractivity contribution in [1.29, 1.82) is 0 Å². The molecule has 4 nitrogen and oxygen atoms in total. The van der Waals surface area contributed by atoms with Gasteiger partial charge in [0.05, 0.1) is 12.8 Å². The molecule has 1 atom stereocenters. The normalized spacial score (nSPS) is 16.4. The number of rotatable bonds is 4. The molecule has 0 unspecified atom stereocenters. The zero-order valence-corrected chi connectivity index (χ0v) is 12.9. The molecule has 1 aliphatic heterocycles. The van der Waals surface area contributed by atoms with Gasteiger partial charge in [0.2, 0.25) is 5.91 Å². The molecule has 3 rings (SSSR count). The highest BCUT2D eigenvalue weighted by Gasteiger charge is 2.28. The number of anilines is 1. The van der Waals surface area contributed by atoms with E-state index in [4.69, 9.17) is 15.9 Å². The molecule has 1 aromatic heterocycles. The molecule has 1 amide bonds. The Morgan fingerprint density at radius 3 is 3.05 bits per heavy atom. The van der Waals surface area contributed by atoms with Crippen LogP contribution in [0.4, 0.5) is 5.69 Å². The molecule has 0 bridgehead atoms. The Bertz CT molecular complexity index is 745. The average Bonchev–Trinajstić information content (AvgIpc) is 3.00. The van der Waals surface area contributed by atoms with Crippen molar-refractivity contribution in [2.45, 2.75) is 12.3 Å². The maximum absolute atomic E-state index is 11.9. The first-order chi connectivity index (χ1) is 10.7. The van der Waals surface area contributed by atoms with Gasteiger partial charge in [-0.05, 0) is 29.1 Å². The summed E-state index contributed by atoms with van der Waals surface area (Å²) in [4.78, 5) is 13.1. The summed E-state index contributed by atoms with van der Waals surface area (Å²) >= 11 is 1.64. The highest BCUT2D eigenvalue weighted by Crippen LogP contribution is 2.42. The number of fused-ring (bicyclic) bond motifs is 1. The van der Waals surface area contributed by atoms with Crippen molar-refractivity contribution in [3.8, 4) is 23.8 Å². The minimum atomic E-state index is 0.0258. The summed E-state index contributed by atoms with van der Waals surface area (Å²) in [7, 11) is 1.59. The molecule has 1 aromatic carbocycles. The van der Waals surface area contributed by atoms with Crippen LogP contribution >= 0.6 is 11.3 Å². The van der Waals surface area contributed by atoms with Crippen LogP contribution in [0.25, 0.3) is 0 Å². The number of ether oxygens (including phenoxy) is 2. The third-order valence-corrected chi connectivity index (χ3v) is 4.61. The Kier molecular flexibility index (Phi) is 4.03. The lowest BCUT2D eigenvalue weighted by molar-refractivity contribution is -0.116. The molecule has 0 radical (unpaired) electrons. The van der Waals surface area contributed by atoms with E-state index < -0.39 is 0 Å². The molecule has 2 aromatic rings. The Hall–Kier alpha value is -2.45. The number of benzene rings is 1. The number of carbonyl (C=O) groups is 1. The van der Waals surface area contributed by atoms with Crippen LogP contribution in [0, 0.1) is 12.3 Å². The second-order valence-electron chi connectivity index (χ2n) is 4.91. The van der Waals surface area contributed by atoms with Gasteiger partial charge in [-0.1, -0.05) is 12.0 Å². The third kappa shape index (κ3) is 2.66. The molecule has 2 heterocycles. The number of methoxy groups -OCH3 is 1. The van der Waals surface area contributed by atoms with Crippen molar-refractivity contribution in [1.82, 2.24) is 0 Å². The molecule has 0 aliphatic carbocycles. The van der Waals surface area contributed by atoms with Gasteiger partial charge in [-0.15, -0.1) is 17.8 Å². The molecule has 0 spiro atoms. The largest absolute Gasteiger partial charge is 0.493 e. The lowest BCUT2D eigenvalue weighted by Crippen LogP contribution is -2.22. The van der Waals surface area contributed by atoms with E-state index in [9.17, 15) is 4.79 Å². The van der Waals surface area contributed by atoms with Gasteiger partial charge in [0.25, 0.3) is 0 Å². The predicted molar refractivity (Wildman–Crippen MR) is 86.7 cm³/mol. The molecule has 1 aliphatic rings. The number of terminal acetylenes is 1. The maximum atomic E-state index is 11.9. The van der Waals surface area contributed by atoms with E-state index in [1.165, 1.54) is 0 Å². The molecule has 1 N–H and O–H groups in total. The molecule has 0 saturated heterocycles. The number of thiophene rings is 1. The first-order valence-electron chi connectivity index (χ1n) is 6.84. The predicted octanol–water partition coefficient (Wildman–Crippen LogP) is 3.24. The second kappa shape index (κ2) is 6.12. The van der Waals surface area contributed by atoms with Crippen LogP contribution in [0.1, 0.15) is 22.8 Å². The topological polar surface area (TPSA) is 47.6 Å².